The smallest absolute Gasteiger partial charge is 0.220 e. The Balaban J connectivity index is 0.890. The summed E-state index contributed by atoms with van der Waals surface area (Å²) in [6.45, 7) is 7.03. The van der Waals surface area contributed by atoms with E-state index in [2.05, 4.69) is 80.8 Å². The lowest BCUT2D eigenvalue weighted by molar-refractivity contribution is -0.121. The number of hydrogen-bond donors (Lipinski definition) is 1. The maximum atomic E-state index is 12.1. The molecule has 5 nitrogen and oxygen atoms in total. The van der Waals surface area contributed by atoms with Crippen molar-refractivity contribution in [3.63, 3.8) is 0 Å². The second kappa shape index (κ2) is 18.1. The Hall–Kier alpha value is -3.02. The largest absolute Gasteiger partial charge is 0.356 e. The van der Waals surface area contributed by atoms with Gasteiger partial charge in [0.2, 0.25) is 5.91 Å². The molecule has 0 atom stereocenters. The SMILES string of the molecule is O=C(CCc1cccnc1)NCCCCC1CCN(CCCCC2CCN(C(c3ccccc3)c3ccccc3)CC2)CC1. The zero-order chi connectivity index (χ0) is 30.2. The molecule has 0 saturated carbocycles. The van der Waals surface area contributed by atoms with Crippen LogP contribution in [0.2, 0.25) is 0 Å². The van der Waals surface area contributed by atoms with Crippen molar-refractivity contribution in [3.05, 3.63) is 102 Å². The molecule has 2 saturated heterocycles. The zero-order valence-electron chi connectivity index (χ0n) is 26.8. The van der Waals surface area contributed by atoms with Gasteiger partial charge in [-0.05, 0) is 112 Å². The monoisotopic (exact) mass is 594 g/mol. The number of aryl methyl sites for hydroxylation is 1. The van der Waals surface area contributed by atoms with Gasteiger partial charge in [-0.1, -0.05) is 92.4 Å². The summed E-state index contributed by atoms with van der Waals surface area (Å²) in [4.78, 5) is 21.7. The quantitative estimate of drug-likeness (QED) is 0.173. The summed E-state index contributed by atoms with van der Waals surface area (Å²) >= 11 is 0. The minimum absolute atomic E-state index is 0.160. The van der Waals surface area contributed by atoms with E-state index < -0.39 is 0 Å². The molecule has 0 spiro atoms. The highest BCUT2D eigenvalue weighted by Gasteiger charge is 2.27. The molecule has 44 heavy (non-hydrogen) atoms. The van der Waals surface area contributed by atoms with Gasteiger partial charge in [0.05, 0.1) is 6.04 Å². The highest BCUT2D eigenvalue weighted by molar-refractivity contribution is 5.76. The average molecular weight is 595 g/mol. The van der Waals surface area contributed by atoms with Crippen molar-refractivity contribution < 1.29 is 4.79 Å². The Bertz CT molecular complexity index is 1150. The second-order valence-electron chi connectivity index (χ2n) is 13.2. The van der Waals surface area contributed by atoms with Gasteiger partial charge in [-0.2, -0.15) is 0 Å². The Labute approximate surface area is 266 Å². The van der Waals surface area contributed by atoms with Crippen LogP contribution in [0.1, 0.15) is 93.4 Å². The van der Waals surface area contributed by atoms with Gasteiger partial charge in [0, 0.05) is 25.4 Å². The lowest BCUT2D eigenvalue weighted by Crippen LogP contribution is -2.37. The molecule has 0 aliphatic carbocycles. The molecule has 2 fully saturated rings. The number of carbonyl (C=O) groups excluding carboxylic acids is 1. The first-order valence-corrected chi connectivity index (χ1v) is 17.5. The first-order valence-electron chi connectivity index (χ1n) is 17.5. The second-order valence-corrected chi connectivity index (χ2v) is 13.2. The van der Waals surface area contributed by atoms with Crippen LogP contribution in [0, 0.1) is 11.8 Å². The first kappa shape index (κ1) is 32.4. The van der Waals surface area contributed by atoms with Crippen molar-refractivity contribution >= 4 is 5.91 Å². The molecule has 236 valence electrons. The Morgan fingerprint density at radius 2 is 1.36 bits per heavy atom. The molecular weight excluding hydrogens is 540 g/mol. The number of aromatic nitrogens is 1. The van der Waals surface area contributed by atoms with Gasteiger partial charge in [0.25, 0.3) is 0 Å². The molecule has 0 bridgehead atoms. The molecule has 5 heteroatoms. The van der Waals surface area contributed by atoms with Gasteiger partial charge >= 0.3 is 0 Å². The van der Waals surface area contributed by atoms with Crippen molar-refractivity contribution in [2.75, 3.05) is 39.3 Å². The molecule has 0 radical (unpaired) electrons. The Morgan fingerprint density at radius 1 is 0.750 bits per heavy atom. The Kier molecular flexibility index (Phi) is 13.3. The van der Waals surface area contributed by atoms with E-state index in [-0.39, 0.29) is 5.91 Å². The number of carbonyl (C=O) groups is 1. The van der Waals surface area contributed by atoms with Crippen molar-refractivity contribution in [2.45, 2.75) is 83.1 Å². The van der Waals surface area contributed by atoms with Gasteiger partial charge in [-0.3, -0.25) is 14.7 Å². The molecular formula is C39H54N4O. The van der Waals surface area contributed by atoms with E-state index in [4.69, 9.17) is 0 Å². The van der Waals surface area contributed by atoms with E-state index in [1.165, 1.54) is 102 Å². The molecule has 1 amide bonds. The normalized spacial score (nSPS) is 17.2. The molecule has 1 aromatic heterocycles. The molecule has 1 N–H and O–H groups in total. The predicted molar refractivity (Wildman–Crippen MR) is 181 cm³/mol. The molecule has 3 aromatic rings. The highest BCUT2D eigenvalue weighted by atomic mass is 16.1. The zero-order valence-corrected chi connectivity index (χ0v) is 26.8. The summed E-state index contributed by atoms with van der Waals surface area (Å²) in [5.41, 5.74) is 3.96. The fourth-order valence-electron chi connectivity index (χ4n) is 7.33. The lowest BCUT2D eigenvalue weighted by Gasteiger charge is -2.38. The van der Waals surface area contributed by atoms with Gasteiger partial charge in [-0.25, -0.2) is 0 Å². The molecule has 2 aliphatic heterocycles. The molecule has 3 heterocycles. The van der Waals surface area contributed by atoms with Gasteiger partial charge in [-0.15, -0.1) is 0 Å². The molecule has 2 aromatic carbocycles. The fourth-order valence-corrected chi connectivity index (χ4v) is 7.33. The number of piperidine rings is 2. The van der Waals surface area contributed by atoms with Crippen LogP contribution in [-0.2, 0) is 11.2 Å². The van der Waals surface area contributed by atoms with E-state index in [0.717, 1.165) is 36.8 Å². The summed E-state index contributed by atoms with van der Waals surface area (Å²) < 4.78 is 0. The van der Waals surface area contributed by atoms with Crippen molar-refractivity contribution in [1.82, 2.24) is 20.1 Å². The number of hydrogen-bond acceptors (Lipinski definition) is 4. The van der Waals surface area contributed by atoms with Crippen LogP contribution in [0.3, 0.4) is 0 Å². The van der Waals surface area contributed by atoms with Crippen molar-refractivity contribution in [2.24, 2.45) is 11.8 Å². The van der Waals surface area contributed by atoms with Crippen LogP contribution < -0.4 is 5.32 Å². The van der Waals surface area contributed by atoms with Gasteiger partial charge in [0.15, 0.2) is 0 Å². The third kappa shape index (κ3) is 10.6. The number of nitrogens with one attached hydrogen (secondary N) is 1. The lowest BCUT2D eigenvalue weighted by atomic mass is 9.88. The van der Waals surface area contributed by atoms with E-state index in [9.17, 15) is 4.79 Å². The van der Waals surface area contributed by atoms with E-state index in [1.807, 2.05) is 18.3 Å². The minimum Gasteiger partial charge on any atom is -0.356 e. The molecule has 5 rings (SSSR count). The number of pyridine rings is 1. The van der Waals surface area contributed by atoms with Crippen LogP contribution >= 0.6 is 0 Å². The maximum Gasteiger partial charge on any atom is 0.220 e. The van der Waals surface area contributed by atoms with E-state index in [0.29, 0.717) is 12.5 Å². The average Bonchev–Trinajstić information content (AvgIpc) is 3.08. The number of rotatable bonds is 16. The van der Waals surface area contributed by atoms with Crippen molar-refractivity contribution in [3.8, 4) is 0 Å². The van der Waals surface area contributed by atoms with Crippen LogP contribution in [0.5, 0.6) is 0 Å². The van der Waals surface area contributed by atoms with E-state index in [1.54, 1.807) is 6.20 Å². The van der Waals surface area contributed by atoms with E-state index >= 15 is 0 Å². The first-order chi connectivity index (χ1) is 21.7. The fraction of sp³-hybridized carbons (Fsp3) is 0.538. The topological polar surface area (TPSA) is 48.5 Å². The van der Waals surface area contributed by atoms with Gasteiger partial charge < -0.3 is 10.2 Å². The summed E-state index contributed by atoms with van der Waals surface area (Å²) in [7, 11) is 0. The minimum atomic E-state index is 0.160. The third-order valence-electron chi connectivity index (χ3n) is 10.0. The van der Waals surface area contributed by atoms with Crippen LogP contribution in [0.25, 0.3) is 0 Å². The number of nitrogens with zero attached hydrogens (tertiary/aromatic N) is 3. The summed E-state index contributed by atoms with van der Waals surface area (Å²) in [5, 5.41) is 3.10. The molecule has 0 unspecified atom stereocenters. The number of benzene rings is 2. The van der Waals surface area contributed by atoms with Gasteiger partial charge in [0.1, 0.15) is 0 Å². The predicted octanol–water partition coefficient (Wildman–Crippen LogP) is 7.68. The summed E-state index contributed by atoms with van der Waals surface area (Å²) in [6.07, 6.45) is 18.0. The summed E-state index contributed by atoms with van der Waals surface area (Å²) in [6, 6.07) is 26.5. The molecule has 2 aliphatic rings. The standard InChI is InChI=1S/C39H54N4O/c44-38(20-19-35-14-11-25-40-32-35)41-26-9-7-12-33-21-28-42(29-22-33)27-10-8-13-34-23-30-43(31-24-34)39(36-15-3-1-4-16-36)37-17-5-2-6-18-37/h1-6,11,14-18,25,32-34,39H,7-10,12-13,19-24,26-31H2,(H,41,44). The summed E-state index contributed by atoms with van der Waals surface area (Å²) in [5.74, 6) is 1.91. The van der Waals surface area contributed by atoms with Crippen LogP contribution in [-0.4, -0.2) is 60.0 Å². The number of unbranched alkanes of at least 4 members (excludes halogenated alkanes) is 2. The van der Waals surface area contributed by atoms with Crippen molar-refractivity contribution in [1.29, 1.82) is 0 Å². The van der Waals surface area contributed by atoms with Crippen LogP contribution in [0.15, 0.2) is 85.2 Å². The Morgan fingerprint density at radius 3 is 1.98 bits per heavy atom. The van der Waals surface area contributed by atoms with Crippen LogP contribution in [0.4, 0.5) is 0 Å². The third-order valence-corrected chi connectivity index (χ3v) is 10.0. The number of amides is 1. The number of likely N-dealkylation sites (tertiary alicyclic amines) is 2. The highest BCUT2D eigenvalue weighted by Crippen LogP contribution is 2.33. The maximum absolute atomic E-state index is 12.1.